The van der Waals surface area contributed by atoms with Crippen molar-refractivity contribution in [3.63, 3.8) is 0 Å². The quantitative estimate of drug-likeness (QED) is 0.111. The number of nitrogens with zero attached hydrogens (tertiary/aromatic N) is 3. The maximum Gasteiger partial charge on any atom is 0.244 e. The van der Waals surface area contributed by atoms with Gasteiger partial charge in [0.2, 0.25) is 12.2 Å². The van der Waals surface area contributed by atoms with Gasteiger partial charge in [0.1, 0.15) is 18.5 Å². The van der Waals surface area contributed by atoms with E-state index in [4.69, 9.17) is 5.26 Å². The lowest BCUT2D eigenvalue weighted by molar-refractivity contribution is -0.684. The average molecular weight is 578 g/mol. The van der Waals surface area contributed by atoms with Crippen LogP contribution in [0.3, 0.4) is 0 Å². The molecule has 0 aromatic carbocycles. The number of carbonyl (C=O) groups is 1. The Morgan fingerprint density at radius 3 is 2.03 bits per heavy atom. The number of imidazole rings is 1. The molecule has 0 bridgehead atoms. The van der Waals surface area contributed by atoms with Crippen molar-refractivity contribution in [1.82, 2.24) is 9.88 Å². The third kappa shape index (κ3) is 23.0. The zero-order chi connectivity index (χ0) is 25.9. The van der Waals surface area contributed by atoms with Crippen molar-refractivity contribution >= 4 is 5.91 Å². The molecule has 0 unspecified atom stereocenters. The van der Waals surface area contributed by atoms with Gasteiger partial charge in [-0.15, -0.1) is 0 Å². The van der Waals surface area contributed by atoms with E-state index in [1.807, 2.05) is 23.3 Å². The molecule has 1 heterocycles. The Hall–Kier alpha value is -1.87. The predicted octanol–water partition coefficient (Wildman–Crippen LogP) is 4.57. The highest BCUT2D eigenvalue weighted by atomic mass is 79.9. The summed E-state index contributed by atoms with van der Waals surface area (Å²) in [6.45, 7) is 4.21. The van der Waals surface area contributed by atoms with E-state index >= 15 is 0 Å². The fourth-order valence-electron chi connectivity index (χ4n) is 4.32. The number of halogens is 1. The maximum absolute atomic E-state index is 12.0. The summed E-state index contributed by atoms with van der Waals surface area (Å²) >= 11 is 0. The van der Waals surface area contributed by atoms with E-state index in [1.54, 1.807) is 0 Å². The van der Waals surface area contributed by atoms with Gasteiger partial charge in [-0.3, -0.25) is 4.79 Å². The average Bonchev–Trinajstić information content (AvgIpc) is 3.33. The molecule has 0 aliphatic heterocycles. The zero-order valence-corrected chi connectivity index (χ0v) is 25.1. The van der Waals surface area contributed by atoms with E-state index in [9.17, 15) is 4.79 Å². The lowest BCUT2D eigenvalue weighted by Crippen LogP contribution is -3.00. The smallest absolute Gasteiger partial charge is 0.244 e. The van der Waals surface area contributed by atoms with Gasteiger partial charge in [0, 0.05) is 19.4 Å². The van der Waals surface area contributed by atoms with E-state index in [1.165, 1.54) is 89.9 Å². The molecule has 0 aliphatic carbocycles. The highest BCUT2D eigenvalue weighted by Crippen LogP contribution is 2.10. The first-order valence-corrected chi connectivity index (χ1v) is 14.8. The summed E-state index contributed by atoms with van der Waals surface area (Å²) in [6.07, 6.45) is 37.1. The van der Waals surface area contributed by atoms with Crippen molar-refractivity contribution in [2.45, 2.75) is 136 Å². The molecule has 0 fully saturated rings. The molecule has 0 radical (unpaired) electrons. The number of nitriles is 1. The van der Waals surface area contributed by atoms with E-state index in [-0.39, 0.29) is 22.9 Å². The molecule has 0 atom stereocenters. The van der Waals surface area contributed by atoms with Crippen LogP contribution >= 0.6 is 0 Å². The number of hydrogen-bond donors (Lipinski definition) is 1. The van der Waals surface area contributed by atoms with Crippen molar-refractivity contribution in [1.29, 1.82) is 5.26 Å². The summed E-state index contributed by atoms with van der Waals surface area (Å²) < 4.78 is 3.90. The first kappa shape index (κ1) is 35.1. The maximum atomic E-state index is 12.0. The molecule has 1 aromatic rings. The fraction of sp³-hybridized carbons (Fsp3) is 0.710. The third-order valence-electron chi connectivity index (χ3n) is 6.55. The zero-order valence-electron chi connectivity index (χ0n) is 23.5. The van der Waals surface area contributed by atoms with Crippen LogP contribution in [-0.4, -0.2) is 17.0 Å². The molecule has 0 saturated heterocycles. The summed E-state index contributed by atoms with van der Waals surface area (Å²) in [4.78, 5) is 12.0. The Labute approximate surface area is 238 Å². The van der Waals surface area contributed by atoms with Gasteiger partial charge in [-0.25, -0.2) is 9.13 Å². The number of hydrogen-bond acceptors (Lipinski definition) is 2. The lowest BCUT2D eigenvalue weighted by atomic mass is 10.1. The first-order valence-electron chi connectivity index (χ1n) is 14.8. The van der Waals surface area contributed by atoms with Crippen LogP contribution < -0.4 is 26.9 Å². The van der Waals surface area contributed by atoms with Gasteiger partial charge >= 0.3 is 0 Å². The van der Waals surface area contributed by atoms with E-state index < -0.39 is 0 Å². The highest BCUT2D eigenvalue weighted by molar-refractivity contribution is 5.75. The van der Waals surface area contributed by atoms with Crippen LogP contribution in [0.2, 0.25) is 0 Å². The second-order valence-electron chi connectivity index (χ2n) is 9.97. The minimum Gasteiger partial charge on any atom is -1.00 e. The van der Waals surface area contributed by atoms with Gasteiger partial charge in [-0.1, -0.05) is 102 Å². The first-order chi connectivity index (χ1) is 17.8. The Kier molecular flexibility index (Phi) is 25.8. The van der Waals surface area contributed by atoms with Crippen LogP contribution in [0.4, 0.5) is 0 Å². The number of carbonyl (C=O) groups excluding carboxylic acids is 1. The van der Waals surface area contributed by atoms with E-state index in [0.29, 0.717) is 19.5 Å². The van der Waals surface area contributed by atoms with Crippen LogP contribution in [0.5, 0.6) is 0 Å². The lowest BCUT2D eigenvalue weighted by Gasteiger charge is -2.04. The third-order valence-corrected chi connectivity index (χ3v) is 6.55. The Morgan fingerprint density at radius 2 is 1.43 bits per heavy atom. The van der Waals surface area contributed by atoms with Crippen LogP contribution in [0.1, 0.15) is 122 Å². The Balaban J connectivity index is 0.0000130. The Morgan fingerprint density at radius 1 is 0.865 bits per heavy atom. The molecule has 1 N–H and O–H groups in total. The van der Waals surface area contributed by atoms with Crippen LogP contribution in [0.25, 0.3) is 0 Å². The standard InChI is InChI=1S/C31H52N4O.BrH/c1-2-3-4-5-6-7-8-9-10-11-12-13-14-15-16-17-18-19-20-21-23-31(36)33-25-22-26-34-28-29-35(30-34)27-24-32;/h11-14,28-30H,2-10,15-23,25-27H2,1H3;1H. The van der Waals surface area contributed by atoms with Crippen molar-refractivity contribution in [3.8, 4) is 6.07 Å². The number of rotatable bonds is 24. The fourth-order valence-corrected chi connectivity index (χ4v) is 4.32. The molecule has 0 spiro atoms. The minimum atomic E-state index is 0. The molecule has 0 saturated carbocycles. The predicted molar refractivity (Wildman–Crippen MR) is 150 cm³/mol. The van der Waals surface area contributed by atoms with Crippen molar-refractivity contribution in [2.75, 3.05) is 6.54 Å². The highest BCUT2D eigenvalue weighted by Gasteiger charge is 2.04. The van der Waals surface area contributed by atoms with Gasteiger partial charge in [-0.05, 0) is 32.1 Å². The number of nitrogens with one attached hydrogen (secondary N) is 1. The van der Waals surface area contributed by atoms with E-state index in [0.717, 1.165) is 25.8 Å². The Bertz CT molecular complexity index is 751. The van der Waals surface area contributed by atoms with Crippen molar-refractivity contribution in [2.24, 2.45) is 0 Å². The molecular formula is C31H53BrN4O. The van der Waals surface area contributed by atoms with Gasteiger partial charge in [0.15, 0.2) is 6.54 Å². The molecule has 210 valence electrons. The number of amides is 1. The van der Waals surface area contributed by atoms with Gasteiger partial charge < -0.3 is 22.3 Å². The second-order valence-corrected chi connectivity index (χ2v) is 9.97. The number of aryl methyl sites for hydroxylation is 1. The molecule has 6 heteroatoms. The molecule has 1 amide bonds. The van der Waals surface area contributed by atoms with Crippen LogP contribution in [0.15, 0.2) is 43.0 Å². The number of unbranched alkanes of at least 4 members (excludes halogenated alkanes) is 14. The normalized spacial score (nSPS) is 11.1. The molecule has 1 rings (SSSR count). The monoisotopic (exact) mass is 576 g/mol. The molecule has 1 aromatic heterocycles. The molecule has 0 aliphatic rings. The summed E-state index contributed by atoms with van der Waals surface area (Å²) in [6, 6.07) is 2.13. The summed E-state index contributed by atoms with van der Waals surface area (Å²) in [5.74, 6) is 0.169. The van der Waals surface area contributed by atoms with E-state index in [2.05, 4.69) is 47.2 Å². The second kappa shape index (κ2) is 27.2. The number of aromatic nitrogens is 2. The SMILES string of the molecule is CCCCCCCCCCC=CC=CCCCCCCCCC(=O)NCCCn1cc[n+](CC#N)c1.[Br-]. The molecular weight excluding hydrogens is 524 g/mol. The summed E-state index contributed by atoms with van der Waals surface area (Å²) in [5, 5.41) is 11.7. The van der Waals surface area contributed by atoms with Gasteiger partial charge in [0.25, 0.3) is 0 Å². The van der Waals surface area contributed by atoms with Crippen LogP contribution in [0, 0.1) is 11.3 Å². The topological polar surface area (TPSA) is 61.7 Å². The molecule has 37 heavy (non-hydrogen) atoms. The van der Waals surface area contributed by atoms with Crippen LogP contribution in [-0.2, 0) is 17.9 Å². The number of allylic oxidation sites excluding steroid dienone is 4. The molecule has 5 nitrogen and oxygen atoms in total. The summed E-state index contributed by atoms with van der Waals surface area (Å²) in [7, 11) is 0. The van der Waals surface area contributed by atoms with Gasteiger partial charge in [0.05, 0.1) is 6.54 Å². The summed E-state index contributed by atoms with van der Waals surface area (Å²) in [5.41, 5.74) is 0. The largest absolute Gasteiger partial charge is 1.00 e. The van der Waals surface area contributed by atoms with Gasteiger partial charge in [-0.2, -0.15) is 5.26 Å². The van der Waals surface area contributed by atoms with Crippen molar-refractivity contribution in [3.05, 3.63) is 43.0 Å². The minimum absolute atomic E-state index is 0. The van der Waals surface area contributed by atoms with Crippen molar-refractivity contribution < 1.29 is 26.3 Å².